The number of benzene rings is 1. The minimum absolute atomic E-state index is 0.126. The Hall–Kier alpha value is -3.28. The van der Waals surface area contributed by atoms with Crippen LogP contribution in [0.15, 0.2) is 37.1 Å². The fraction of sp³-hybridized carbons (Fsp3) is 0.649. The number of β-amino-alcohol motifs (C(OH)–C–C–N with tert-alkyl or cyclic N) is 1. The van der Waals surface area contributed by atoms with Gasteiger partial charge < -0.3 is 14.7 Å². The Morgan fingerprint density at radius 2 is 1.83 bits per heavy atom. The number of halogens is 1. The summed E-state index contributed by atoms with van der Waals surface area (Å²) in [4.78, 5) is 21.1. The Morgan fingerprint density at radius 1 is 1.00 bits per heavy atom. The van der Waals surface area contributed by atoms with E-state index in [0.29, 0.717) is 46.9 Å². The van der Waals surface area contributed by atoms with Crippen LogP contribution in [0, 0.1) is 28.5 Å². The maximum atomic E-state index is 14.6. The molecule has 6 fully saturated rings. The van der Waals surface area contributed by atoms with Gasteiger partial charge in [-0.3, -0.25) is 9.80 Å². The topological polar surface area (TPSA) is 104 Å². The molecule has 0 amide bonds. The largest absolute Gasteiger partial charge is 0.434 e. The second kappa shape index (κ2) is 11.7. The molecule has 1 aromatic carbocycles. The van der Waals surface area contributed by atoms with Crippen LogP contribution in [0.25, 0.3) is 11.1 Å². The summed E-state index contributed by atoms with van der Waals surface area (Å²) in [5, 5.41) is 19.2. The number of aliphatic hydroxyl groups excluding tert-OH is 1. The smallest absolute Gasteiger partial charge is 0.282 e. The van der Waals surface area contributed by atoms with Gasteiger partial charge >= 0.3 is 0 Å². The summed E-state index contributed by atoms with van der Waals surface area (Å²) in [7, 11) is 0. The lowest BCUT2D eigenvalue weighted by molar-refractivity contribution is -0.0795. The van der Waals surface area contributed by atoms with Crippen molar-refractivity contribution in [2.45, 2.75) is 89.3 Å². The van der Waals surface area contributed by atoms with Gasteiger partial charge in [0.1, 0.15) is 24.2 Å². The maximum Gasteiger partial charge on any atom is 0.282 e. The lowest BCUT2D eigenvalue weighted by Gasteiger charge is -2.57. The Morgan fingerprint density at radius 3 is 2.56 bits per heavy atom. The third-order valence-electron chi connectivity index (χ3n) is 12.8. The van der Waals surface area contributed by atoms with Gasteiger partial charge in [-0.1, -0.05) is 20.3 Å². The molecule has 48 heavy (non-hydrogen) atoms. The fourth-order valence-corrected chi connectivity index (χ4v) is 9.94. The molecular weight excluding hydrogens is 607 g/mol. The quantitative estimate of drug-likeness (QED) is 0.327. The number of ether oxygens (including phenoxy) is 1. The van der Waals surface area contributed by atoms with Crippen molar-refractivity contribution in [1.29, 1.82) is 0 Å². The molecule has 3 saturated heterocycles. The van der Waals surface area contributed by atoms with Crippen LogP contribution < -0.4 is 9.64 Å². The zero-order valence-corrected chi connectivity index (χ0v) is 28.1. The summed E-state index contributed by atoms with van der Waals surface area (Å²) in [5.41, 5.74) is 2.78. The van der Waals surface area contributed by atoms with E-state index in [1.807, 2.05) is 0 Å². The highest BCUT2D eigenvalue weighted by atomic mass is 19.1. The van der Waals surface area contributed by atoms with Crippen LogP contribution in [0.1, 0.15) is 76.8 Å². The third-order valence-corrected chi connectivity index (χ3v) is 12.8. The first-order chi connectivity index (χ1) is 23.3. The van der Waals surface area contributed by atoms with Gasteiger partial charge in [-0.15, -0.1) is 10.2 Å². The Kier molecular flexibility index (Phi) is 7.47. The Balaban J connectivity index is 0.866. The van der Waals surface area contributed by atoms with E-state index in [0.717, 1.165) is 75.7 Å². The lowest BCUT2D eigenvalue weighted by atomic mass is 9.66. The monoisotopic (exact) mass is 654 g/mol. The van der Waals surface area contributed by atoms with E-state index in [2.05, 4.69) is 53.7 Å². The van der Waals surface area contributed by atoms with E-state index < -0.39 is 0 Å². The van der Waals surface area contributed by atoms with Gasteiger partial charge in [-0.25, -0.2) is 19.3 Å². The lowest BCUT2D eigenvalue weighted by Crippen LogP contribution is -2.65. The molecule has 2 atom stereocenters. The first-order valence-electron chi connectivity index (χ1n) is 18.2. The van der Waals surface area contributed by atoms with Gasteiger partial charge in [0.15, 0.2) is 5.82 Å². The summed E-state index contributed by atoms with van der Waals surface area (Å²) in [6.07, 6.45) is 14.1. The molecule has 254 valence electrons. The van der Waals surface area contributed by atoms with Gasteiger partial charge in [-0.05, 0) is 75.0 Å². The molecule has 2 aromatic heterocycles. The Labute approximate surface area is 282 Å². The molecule has 2 spiro atoms. The van der Waals surface area contributed by atoms with Gasteiger partial charge in [0.25, 0.3) is 5.88 Å². The van der Waals surface area contributed by atoms with Gasteiger partial charge in [0.05, 0.1) is 11.8 Å². The molecule has 1 N–H and O–H groups in total. The van der Waals surface area contributed by atoms with Crippen LogP contribution in [-0.2, 0) is 0 Å². The number of anilines is 1. The molecule has 0 radical (unpaired) electrons. The molecule has 1 unspecified atom stereocenters. The van der Waals surface area contributed by atoms with Crippen LogP contribution in [-0.4, -0.2) is 97.5 Å². The summed E-state index contributed by atoms with van der Waals surface area (Å²) in [6, 6.07) is 5.79. The van der Waals surface area contributed by atoms with Gasteiger partial charge in [0.2, 0.25) is 0 Å². The zero-order chi connectivity index (χ0) is 32.6. The molecule has 5 heterocycles. The number of hydrogen-bond acceptors (Lipinski definition) is 10. The summed E-state index contributed by atoms with van der Waals surface area (Å²) < 4.78 is 21.0. The molecule has 0 bridgehead atoms. The number of aliphatic hydroxyl groups is 1. The van der Waals surface area contributed by atoms with E-state index in [1.54, 1.807) is 18.6 Å². The molecule has 10 nitrogen and oxygen atoms in total. The standard InChI is InChI=1S/C37H47FN8O2/c1-23(2)33(25-12-27(13-25)45-16-31(47)37(20-45)8-3-9-37)46-18-36(19-46)10-11-44(17-36)34-35(43-42-22-41-34)48-30-7-6-26(38)14-28(30)29-15-39-21-40-32(29)24-4-5-24/h6-7,14-15,21-25,27,31,33,47H,3-5,8-13,16-20H2,1-2H3/t25?,27?,31?,33-/m1/s1. The number of rotatable bonds is 9. The summed E-state index contributed by atoms with van der Waals surface area (Å²) in [6.45, 7) is 10.8. The van der Waals surface area contributed by atoms with Crippen LogP contribution in [0.3, 0.4) is 0 Å². The molecule has 3 aliphatic carbocycles. The van der Waals surface area contributed by atoms with E-state index in [-0.39, 0.29) is 22.8 Å². The highest BCUT2D eigenvalue weighted by Crippen LogP contribution is 2.52. The molecule has 9 rings (SSSR count). The zero-order valence-electron chi connectivity index (χ0n) is 28.1. The van der Waals surface area contributed by atoms with Crippen LogP contribution in [0.4, 0.5) is 10.2 Å². The third kappa shape index (κ3) is 5.28. The predicted octanol–water partition coefficient (Wildman–Crippen LogP) is 5.30. The number of likely N-dealkylation sites (tertiary alicyclic amines) is 2. The number of hydrogen-bond donors (Lipinski definition) is 1. The minimum atomic E-state index is -0.342. The van der Waals surface area contributed by atoms with E-state index in [4.69, 9.17) is 4.74 Å². The maximum absolute atomic E-state index is 14.6. The second-order valence-electron chi connectivity index (χ2n) is 16.3. The second-order valence-corrected chi connectivity index (χ2v) is 16.3. The highest BCUT2D eigenvalue weighted by molar-refractivity contribution is 5.73. The van der Waals surface area contributed by atoms with Crippen LogP contribution >= 0.6 is 0 Å². The summed E-state index contributed by atoms with van der Waals surface area (Å²) >= 11 is 0. The van der Waals surface area contributed by atoms with Crippen LogP contribution in [0.5, 0.6) is 11.6 Å². The van der Waals surface area contributed by atoms with Crippen molar-refractivity contribution in [2.75, 3.05) is 44.2 Å². The average molecular weight is 655 g/mol. The normalized spacial score (nSPS) is 28.4. The molecular formula is C37H47FN8O2. The van der Waals surface area contributed by atoms with Crippen molar-refractivity contribution in [3.63, 3.8) is 0 Å². The van der Waals surface area contributed by atoms with E-state index in [9.17, 15) is 9.50 Å². The van der Waals surface area contributed by atoms with Gasteiger partial charge in [-0.2, -0.15) is 0 Å². The van der Waals surface area contributed by atoms with Crippen molar-refractivity contribution in [1.82, 2.24) is 34.9 Å². The molecule has 3 aromatic rings. The predicted molar refractivity (Wildman–Crippen MR) is 179 cm³/mol. The Bertz CT molecular complexity index is 1670. The SMILES string of the molecule is CC(C)[C@H](C1CC(N2CC(O)C3(CCC3)C2)C1)N1CC2(CCN(c3ncnnc3Oc3ccc(F)cc3-c3cncnc3C3CC3)C2)C1. The fourth-order valence-electron chi connectivity index (χ4n) is 9.94. The van der Waals surface area contributed by atoms with E-state index in [1.165, 1.54) is 50.6 Å². The molecule has 3 saturated carbocycles. The number of nitrogens with zero attached hydrogens (tertiary/aromatic N) is 8. The van der Waals surface area contributed by atoms with Crippen LogP contribution in [0.2, 0.25) is 0 Å². The van der Waals surface area contributed by atoms with Crippen molar-refractivity contribution in [2.24, 2.45) is 22.7 Å². The van der Waals surface area contributed by atoms with Crippen molar-refractivity contribution < 1.29 is 14.2 Å². The highest BCUT2D eigenvalue weighted by Gasteiger charge is 2.56. The first kappa shape index (κ1) is 30.8. The van der Waals surface area contributed by atoms with Gasteiger partial charge in [0, 0.05) is 85.4 Å². The molecule has 3 aliphatic heterocycles. The minimum Gasteiger partial charge on any atom is -0.434 e. The molecule has 11 heteroatoms. The average Bonchev–Trinajstić information content (AvgIpc) is 3.68. The molecule has 6 aliphatic rings. The summed E-state index contributed by atoms with van der Waals surface area (Å²) in [5.74, 6) is 2.87. The van der Waals surface area contributed by atoms with Crippen molar-refractivity contribution in [3.05, 3.63) is 48.6 Å². The van der Waals surface area contributed by atoms with E-state index >= 15 is 0 Å². The van der Waals surface area contributed by atoms with Crippen molar-refractivity contribution in [3.8, 4) is 22.8 Å². The first-order valence-corrected chi connectivity index (χ1v) is 18.2. The number of aromatic nitrogens is 5. The van der Waals surface area contributed by atoms with Crippen molar-refractivity contribution >= 4 is 5.82 Å².